The van der Waals surface area contributed by atoms with Crippen LogP contribution in [-0.4, -0.2) is 5.33 Å². The molecule has 0 atom stereocenters. The van der Waals surface area contributed by atoms with Crippen LogP contribution in [0.3, 0.4) is 0 Å². The average Bonchev–Trinajstić information content (AvgIpc) is 2.09. The van der Waals surface area contributed by atoms with Crippen molar-refractivity contribution in [2.75, 3.05) is 11.1 Å². The van der Waals surface area contributed by atoms with E-state index in [0.717, 1.165) is 17.4 Å². The van der Waals surface area contributed by atoms with Crippen LogP contribution < -0.4 is 5.73 Å². The zero-order chi connectivity index (χ0) is 8.81. The molecule has 0 bridgehead atoms. The Labute approximate surface area is 82.1 Å². The van der Waals surface area contributed by atoms with E-state index in [0.29, 0.717) is 0 Å². The van der Waals surface area contributed by atoms with E-state index in [1.165, 1.54) is 18.4 Å². The Bertz CT molecular complexity index is 218. The molecule has 12 heavy (non-hydrogen) atoms. The van der Waals surface area contributed by atoms with Crippen LogP contribution in [0.1, 0.15) is 18.4 Å². The van der Waals surface area contributed by atoms with Crippen molar-refractivity contribution in [3.63, 3.8) is 0 Å². The van der Waals surface area contributed by atoms with Gasteiger partial charge in [-0.2, -0.15) is 0 Å². The monoisotopic (exact) mass is 227 g/mol. The Hall–Kier alpha value is -0.500. The normalized spacial score (nSPS) is 10.1. The molecule has 1 aromatic rings. The number of anilines is 1. The summed E-state index contributed by atoms with van der Waals surface area (Å²) >= 11 is 3.41. The number of benzene rings is 1. The number of aryl methyl sites for hydroxylation is 1. The van der Waals surface area contributed by atoms with E-state index in [2.05, 4.69) is 28.1 Å². The highest BCUT2D eigenvalue weighted by atomic mass is 79.9. The van der Waals surface area contributed by atoms with Crippen LogP contribution in [0.4, 0.5) is 5.69 Å². The van der Waals surface area contributed by atoms with Gasteiger partial charge in [-0.25, -0.2) is 0 Å². The lowest BCUT2D eigenvalue weighted by Gasteiger charge is -1.99. The summed E-state index contributed by atoms with van der Waals surface area (Å²) in [5.41, 5.74) is 7.80. The van der Waals surface area contributed by atoms with Gasteiger partial charge in [0.15, 0.2) is 0 Å². The van der Waals surface area contributed by atoms with E-state index in [9.17, 15) is 0 Å². The quantitative estimate of drug-likeness (QED) is 0.478. The molecule has 1 nitrogen and oxygen atoms in total. The lowest BCUT2D eigenvalue weighted by atomic mass is 10.1. The average molecular weight is 228 g/mol. The molecule has 0 aliphatic rings. The first-order chi connectivity index (χ1) is 5.83. The molecular weight excluding hydrogens is 214 g/mol. The highest BCUT2D eigenvalue weighted by Crippen LogP contribution is 2.09. The van der Waals surface area contributed by atoms with Crippen molar-refractivity contribution in [2.24, 2.45) is 0 Å². The van der Waals surface area contributed by atoms with Crippen LogP contribution in [0, 0.1) is 0 Å². The summed E-state index contributed by atoms with van der Waals surface area (Å²) < 4.78 is 0. The standard InChI is InChI=1S/C10H14BrN/c11-8-2-1-3-9-4-6-10(12)7-5-9/h4-7H,1-3,8,12H2. The largest absolute Gasteiger partial charge is 0.399 e. The second-order valence-electron chi connectivity index (χ2n) is 2.89. The van der Waals surface area contributed by atoms with Gasteiger partial charge < -0.3 is 5.73 Å². The fraction of sp³-hybridized carbons (Fsp3) is 0.400. The second kappa shape index (κ2) is 5.20. The van der Waals surface area contributed by atoms with Gasteiger partial charge in [-0.3, -0.25) is 0 Å². The molecule has 0 aliphatic heterocycles. The summed E-state index contributed by atoms with van der Waals surface area (Å²) in [5, 5.41) is 1.10. The first-order valence-corrected chi connectivity index (χ1v) is 5.35. The highest BCUT2D eigenvalue weighted by molar-refractivity contribution is 9.09. The molecule has 0 unspecified atom stereocenters. The van der Waals surface area contributed by atoms with Gasteiger partial charge in [-0.05, 0) is 37.0 Å². The Balaban J connectivity index is 2.37. The van der Waals surface area contributed by atoms with Gasteiger partial charge in [-0.1, -0.05) is 28.1 Å². The van der Waals surface area contributed by atoms with Gasteiger partial charge in [0.2, 0.25) is 0 Å². The zero-order valence-electron chi connectivity index (χ0n) is 7.09. The molecule has 1 rings (SSSR count). The number of nitrogen functional groups attached to an aromatic ring is 1. The third-order valence-electron chi connectivity index (χ3n) is 1.83. The molecule has 0 spiro atoms. The van der Waals surface area contributed by atoms with Crippen molar-refractivity contribution in [1.82, 2.24) is 0 Å². The molecule has 0 amide bonds. The van der Waals surface area contributed by atoms with Crippen LogP contribution in [0.25, 0.3) is 0 Å². The van der Waals surface area contributed by atoms with Crippen molar-refractivity contribution in [3.05, 3.63) is 29.8 Å². The van der Waals surface area contributed by atoms with Gasteiger partial charge in [-0.15, -0.1) is 0 Å². The molecule has 0 aromatic heterocycles. The summed E-state index contributed by atoms with van der Waals surface area (Å²) in [6.45, 7) is 0. The van der Waals surface area contributed by atoms with Gasteiger partial charge in [0.05, 0.1) is 0 Å². The fourth-order valence-electron chi connectivity index (χ4n) is 1.11. The summed E-state index contributed by atoms with van der Waals surface area (Å²) in [7, 11) is 0. The SMILES string of the molecule is Nc1ccc(CCCCBr)cc1. The van der Waals surface area contributed by atoms with E-state index >= 15 is 0 Å². The summed E-state index contributed by atoms with van der Waals surface area (Å²) in [5.74, 6) is 0. The Kier molecular flexibility index (Phi) is 4.15. The van der Waals surface area contributed by atoms with Crippen molar-refractivity contribution in [2.45, 2.75) is 19.3 Å². The number of hydrogen-bond acceptors (Lipinski definition) is 1. The maximum Gasteiger partial charge on any atom is 0.0314 e. The van der Waals surface area contributed by atoms with E-state index in [4.69, 9.17) is 5.73 Å². The van der Waals surface area contributed by atoms with E-state index in [1.54, 1.807) is 0 Å². The molecule has 0 saturated carbocycles. The molecule has 0 aliphatic carbocycles. The predicted molar refractivity (Wildman–Crippen MR) is 57.6 cm³/mol. The van der Waals surface area contributed by atoms with Crippen LogP contribution in [0.2, 0.25) is 0 Å². The number of halogens is 1. The first kappa shape index (κ1) is 9.59. The number of alkyl halides is 1. The molecule has 0 heterocycles. The number of nitrogens with two attached hydrogens (primary N) is 1. The van der Waals surface area contributed by atoms with E-state index in [1.807, 2.05) is 12.1 Å². The summed E-state index contributed by atoms with van der Waals surface area (Å²) in [4.78, 5) is 0. The Morgan fingerprint density at radius 3 is 2.33 bits per heavy atom. The molecular formula is C10H14BrN. The van der Waals surface area contributed by atoms with E-state index < -0.39 is 0 Å². The predicted octanol–water partition coefficient (Wildman–Crippen LogP) is 2.99. The molecule has 0 saturated heterocycles. The van der Waals surface area contributed by atoms with Crippen molar-refractivity contribution >= 4 is 21.6 Å². The smallest absolute Gasteiger partial charge is 0.0314 e. The molecule has 66 valence electrons. The number of unbranched alkanes of at least 4 members (excludes halogenated alkanes) is 1. The van der Waals surface area contributed by atoms with E-state index in [-0.39, 0.29) is 0 Å². The van der Waals surface area contributed by atoms with Gasteiger partial charge in [0.1, 0.15) is 0 Å². The molecule has 2 heteroatoms. The second-order valence-corrected chi connectivity index (χ2v) is 3.68. The number of rotatable bonds is 4. The lowest BCUT2D eigenvalue weighted by molar-refractivity contribution is 0.806. The van der Waals surface area contributed by atoms with Gasteiger partial charge in [0, 0.05) is 11.0 Å². The third kappa shape index (κ3) is 3.26. The Morgan fingerprint density at radius 2 is 1.75 bits per heavy atom. The van der Waals surface area contributed by atoms with Crippen molar-refractivity contribution in [3.8, 4) is 0 Å². The highest BCUT2D eigenvalue weighted by Gasteiger charge is 1.91. The minimum absolute atomic E-state index is 0.847. The van der Waals surface area contributed by atoms with Crippen LogP contribution >= 0.6 is 15.9 Å². The third-order valence-corrected chi connectivity index (χ3v) is 2.39. The molecule has 0 radical (unpaired) electrons. The molecule has 1 aromatic carbocycles. The first-order valence-electron chi connectivity index (χ1n) is 4.23. The lowest BCUT2D eigenvalue weighted by Crippen LogP contribution is -1.88. The van der Waals surface area contributed by atoms with Crippen molar-refractivity contribution < 1.29 is 0 Å². The zero-order valence-corrected chi connectivity index (χ0v) is 8.68. The molecule has 2 N–H and O–H groups in total. The minimum atomic E-state index is 0.847. The van der Waals surface area contributed by atoms with Crippen LogP contribution in [-0.2, 0) is 6.42 Å². The minimum Gasteiger partial charge on any atom is -0.399 e. The summed E-state index contributed by atoms with van der Waals surface area (Å²) in [6.07, 6.45) is 3.64. The van der Waals surface area contributed by atoms with Gasteiger partial charge in [0.25, 0.3) is 0 Å². The Morgan fingerprint density at radius 1 is 1.08 bits per heavy atom. The summed E-state index contributed by atoms with van der Waals surface area (Å²) in [6, 6.07) is 8.13. The van der Waals surface area contributed by atoms with Crippen LogP contribution in [0.15, 0.2) is 24.3 Å². The van der Waals surface area contributed by atoms with Crippen molar-refractivity contribution in [1.29, 1.82) is 0 Å². The maximum atomic E-state index is 5.57. The number of hydrogen-bond donors (Lipinski definition) is 1. The van der Waals surface area contributed by atoms with Gasteiger partial charge >= 0.3 is 0 Å². The maximum absolute atomic E-state index is 5.57. The topological polar surface area (TPSA) is 26.0 Å². The van der Waals surface area contributed by atoms with Crippen LogP contribution in [0.5, 0.6) is 0 Å². The fourth-order valence-corrected chi connectivity index (χ4v) is 1.50. The molecule has 0 fully saturated rings.